The molecule has 0 heterocycles. The Bertz CT molecular complexity index is 461. The Hall–Kier alpha value is -1.39. The van der Waals surface area contributed by atoms with Gasteiger partial charge >= 0.3 is 0 Å². The van der Waals surface area contributed by atoms with Crippen molar-refractivity contribution in [3.63, 3.8) is 0 Å². The lowest BCUT2D eigenvalue weighted by molar-refractivity contribution is -0.121. The van der Waals surface area contributed by atoms with Gasteiger partial charge in [0.05, 0.1) is 6.54 Å². The first-order valence-corrected chi connectivity index (χ1v) is 8.41. The molecule has 4 heteroatoms. The molecule has 0 radical (unpaired) electrons. The Kier molecular flexibility index (Phi) is 6.40. The third-order valence-corrected chi connectivity index (χ3v) is 4.56. The van der Waals surface area contributed by atoms with Crippen molar-refractivity contribution in [2.24, 2.45) is 5.73 Å². The van der Waals surface area contributed by atoms with Gasteiger partial charge in [-0.05, 0) is 32.3 Å². The number of hydrogen-bond donors (Lipinski definition) is 2. The average molecular weight is 303 g/mol. The Labute approximate surface area is 134 Å². The monoisotopic (exact) mass is 303 g/mol. The van der Waals surface area contributed by atoms with E-state index in [2.05, 4.69) is 48.3 Å². The maximum Gasteiger partial charge on any atom is 0.234 e. The van der Waals surface area contributed by atoms with Gasteiger partial charge in [-0.3, -0.25) is 9.69 Å². The lowest BCUT2D eigenvalue weighted by Gasteiger charge is -2.42. The molecule has 122 valence electrons. The van der Waals surface area contributed by atoms with Crippen LogP contribution in [0, 0.1) is 0 Å². The SMILES string of the molecule is CC(C)N(Cc1ccccc1)[C@H]1CCCC[C@H]1NC(=O)CN. The third kappa shape index (κ3) is 4.55. The number of carbonyl (C=O) groups is 1. The Morgan fingerprint density at radius 2 is 1.95 bits per heavy atom. The summed E-state index contributed by atoms with van der Waals surface area (Å²) in [6.07, 6.45) is 4.61. The molecule has 1 aromatic carbocycles. The van der Waals surface area contributed by atoms with Crippen molar-refractivity contribution < 1.29 is 4.79 Å². The molecular weight excluding hydrogens is 274 g/mol. The zero-order chi connectivity index (χ0) is 15.9. The minimum absolute atomic E-state index is 0.0414. The molecule has 1 fully saturated rings. The van der Waals surface area contributed by atoms with Gasteiger partial charge in [-0.25, -0.2) is 0 Å². The Morgan fingerprint density at radius 1 is 1.27 bits per heavy atom. The van der Waals surface area contributed by atoms with Gasteiger partial charge in [0, 0.05) is 24.7 Å². The predicted octanol–water partition coefficient (Wildman–Crippen LogP) is 2.28. The van der Waals surface area contributed by atoms with Crippen LogP contribution < -0.4 is 11.1 Å². The largest absolute Gasteiger partial charge is 0.351 e. The molecule has 3 N–H and O–H groups in total. The molecule has 0 saturated heterocycles. The van der Waals surface area contributed by atoms with Crippen LogP contribution in [0.5, 0.6) is 0 Å². The maximum absolute atomic E-state index is 11.7. The standard InChI is InChI=1S/C18H29N3O/c1-14(2)21(13-15-8-4-3-5-9-15)17-11-7-6-10-16(17)20-18(22)12-19/h3-5,8-9,14,16-17H,6-7,10-13,19H2,1-2H3,(H,20,22)/t16-,17+/m1/s1. The van der Waals surface area contributed by atoms with E-state index >= 15 is 0 Å². The quantitative estimate of drug-likeness (QED) is 0.847. The Balaban J connectivity index is 2.11. The van der Waals surface area contributed by atoms with E-state index < -0.39 is 0 Å². The normalized spacial score (nSPS) is 22.0. The molecule has 2 atom stereocenters. The number of amides is 1. The highest BCUT2D eigenvalue weighted by molar-refractivity contribution is 5.78. The first-order valence-electron chi connectivity index (χ1n) is 8.41. The van der Waals surface area contributed by atoms with Crippen molar-refractivity contribution in [3.05, 3.63) is 35.9 Å². The van der Waals surface area contributed by atoms with Crippen LogP contribution in [-0.4, -0.2) is 35.5 Å². The van der Waals surface area contributed by atoms with Crippen molar-refractivity contribution >= 4 is 5.91 Å². The smallest absolute Gasteiger partial charge is 0.234 e. The van der Waals surface area contributed by atoms with E-state index in [1.165, 1.54) is 18.4 Å². The Morgan fingerprint density at radius 3 is 2.59 bits per heavy atom. The molecule has 4 nitrogen and oxygen atoms in total. The molecule has 0 spiro atoms. The van der Waals surface area contributed by atoms with Gasteiger partial charge < -0.3 is 11.1 Å². The fourth-order valence-corrected chi connectivity index (χ4v) is 3.42. The summed E-state index contributed by atoms with van der Waals surface area (Å²) in [5.41, 5.74) is 6.79. The van der Waals surface area contributed by atoms with Crippen LogP contribution >= 0.6 is 0 Å². The number of hydrogen-bond acceptors (Lipinski definition) is 3. The second-order valence-corrected chi connectivity index (χ2v) is 6.48. The van der Waals surface area contributed by atoms with Crippen LogP contribution in [0.15, 0.2) is 30.3 Å². The fraction of sp³-hybridized carbons (Fsp3) is 0.611. The molecule has 1 aliphatic carbocycles. The van der Waals surface area contributed by atoms with E-state index in [4.69, 9.17) is 5.73 Å². The number of nitrogens with zero attached hydrogens (tertiary/aromatic N) is 1. The summed E-state index contributed by atoms with van der Waals surface area (Å²) < 4.78 is 0. The highest BCUT2D eigenvalue weighted by Crippen LogP contribution is 2.26. The lowest BCUT2D eigenvalue weighted by atomic mass is 9.88. The third-order valence-electron chi connectivity index (χ3n) is 4.56. The zero-order valence-corrected chi connectivity index (χ0v) is 13.8. The molecule has 0 aliphatic heterocycles. The van der Waals surface area contributed by atoms with Gasteiger partial charge in [0.15, 0.2) is 0 Å². The van der Waals surface area contributed by atoms with Gasteiger partial charge in [0.25, 0.3) is 0 Å². The summed E-state index contributed by atoms with van der Waals surface area (Å²) in [4.78, 5) is 14.2. The molecule has 22 heavy (non-hydrogen) atoms. The summed E-state index contributed by atoms with van der Waals surface area (Å²) in [7, 11) is 0. The van der Waals surface area contributed by atoms with E-state index in [1.807, 2.05) is 6.07 Å². The molecule has 0 bridgehead atoms. The highest BCUT2D eigenvalue weighted by atomic mass is 16.1. The van der Waals surface area contributed by atoms with Crippen LogP contribution in [0.25, 0.3) is 0 Å². The topological polar surface area (TPSA) is 58.4 Å². The zero-order valence-electron chi connectivity index (χ0n) is 13.8. The summed E-state index contributed by atoms with van der Waals surface area (Å²) in [5.74, 6) is -0.0414. The predicted molar refractivity (Wildman–Crippen MR) is 90.4 cm³/mol. The number of carbonyl (C=O) groups excluding carboxylic acids is 1. The van der Waals surface area contributed by atoms with E-state index in [0.717, 1.165) is 19.4 Å². The van der Waals surface area contributed by atoms with Crippen molar-refractivity contribution in [2.45, 2.75) is 64.2 Å². The lowest BCUT2D eigenvalue weighted by Crippen LogP contribution is -2.55. The first-order chi connectivity index (χ1) is 10.6. The second-order valence-electron chi connectivity index (χ2n) is 6.48. The van der Waals surface area contributed by atoms with Gasteiger partial charge in [0.1, 0.15) is 0 Å². The summed E-state index contributed by atoms with van der Waals surface area (Å²) in [6.45, 7) is 5.47. The van der Waals surface area contributed by atoms with E-state index in [1.54, 1.807) is 0 Å². The molecule has 2 rings (SSSR count). The second kappa shape index (κ2) is 8.30. The molecule has 1 amide bonds. The summed E-state index contributed by atoms with van der Waals surface area (Å²) in [6, 6.07) is 11.6. The van der Waals surface area contributed by atoms with Crippen LogP contribution in [0.4, 0.5) is 0 Å². The number of nitrogens with one attached hydrogen (secondary N) is 1. The molecule has 0 unspecified atom stereocenters. The molecule has 1 saturated carbocycles. The van der Waals surface area contributed by atoms with Crippen LogP contribution in [-0.2, 0) is 11.3 Å². The van der Waals surface area contributed by atoms with E-state index in [-0.39, 0.29) is 18.5 Å². The van der Waals surface area contributed by atoms with Gasteiger partial charge in [-0.2, -0.15) is 0 Å². The number of rotatable bonds is 6. The van der Waals surface area contributed by atoms with Crippen LogP contribution in [0.1, 0.15) is 45.1 Å². The minimum Gasteiger partial charge on any atom is -0.351 e. The summed E-state index contributed by atoms with van der Waals surface area (Å²) >= 11 is 0. The molecule has 1 aromatic rings. The van der Waals surface area contributed by atoms with Gasteiger partial charge in [-0.15, -0.1) is 0 Å². The minimum atomic E-state index is -0.0414. The highest BCUT2D eigenvalue weighted by Gasteiger charge is 2.32. The van der Waals surface area contributed by atoms with Crippen LogP contribution in [0.3, 0.4) is 0 Å². The average Bonchev–Trinajstić information content (AvgIpc) is 2.54. The van der Waals surface area contributed by atoms with Crippen molar-refractivity contribution in [1.29, 1.82) is 0 Å². The maximum atomic E-state index is 11.7. The molecule has 1 aliphatic rings. The van der Waals surface area contributed by atoms with E-state index in [9.17, 15) is 4.79 Å². The van der Waals surface area contributed by atoms with E-state index in [0.29, 0.717) is 12.1 Å². The first kappa shape index (κ1) is 17.0. The molecule has 0 aromatic heterocycles. The summed E-state index contributed by atoms with van der Waals surface area (Å²) in [5, 5.41) is 3.13. The number of nitrogens with two attached hydrogens (primary N) is 1. The van der Waals surface area contributed by atoms with Gasteiger partial charge in [-0.1, -0.05) is 43.2 Å². The van der Waals surface area contributed by atoms with Crippen molar-refractivity contribution in [3.8, 4) is 0 Å². The molecular formula is C18H29N3O. The van der Waals surface area contributed by atoms with Crippen LogP contribution in [0.2, 0.25) is 0 Å². The van der Waals surface area contributed by atoms with Crippen molar-refractivity contribution in [1.82, 2.24) is 10.2 Å². The fourth-order valence-electron chi connectivity index (χ4n) is 3.42. The number of benzene rings is 1. The van der Waals surface area contributed by atoms with Gasteiger partial charge in [0.2, 0.25) is 5.91 Å². The van der Waals surface area contributed by atoms with Crippen molar-refractivity contribution in [2.75, 3.05) is 6.54 Å².